The maximum absolute atomic E-state index is 13.2. The normalized spacial score (nSPS) is 20.9. The molecule has 2 aromatic carbocycles. The van der Waals surface area contributed by atoms with Crippen molar-refractivity contribution in [2.75, 3.05) is 12.4 Å². The van der Waals surface area contributed by atoms with Crippen LogP contribution in [0.4, 0.5) is 14.9 Å². The lowest BCUT2D eigenvalue weighted by molar-refractivity contribution is -0.139. The molecule has 0 aromatic heterocycles. The molecule has 1 heterocycles. The van der Waals surface area contributed by atoms with Crippen molar-refractivity contribution >= 4 is 17.6 Å². The van der Waals surface area contributed by atoms with E-state index in [2.05, 4.69) is 16.1 Å². The SMILES string of the molecule is COc1cccc([C@@]2(C)NC(O)N(NC(=O)Nc3ccc(F)cc3C#N)C2=O)c1. The van der Waals surface area contributed by atoms with Gasteiger partial charge in [0.05, 0.1) is 18.4 Å². The van der Waals surface area contributed by atoms with Gasteiger partial charge in [-0.05, 0) is 42.8 Å². The second kappa shape index (κ2) is 7.75. The Morgan fingerprint density at radius 2 is 2.14 bits per heavy atom. The first-order valence-corrected chi connectivity index (χ1v) is 8.49. The second-order valence-electron chi connectivity index (χ2n) is 6.42. The molecular formula is C19H18FN5O4. The van der Waals surface area contributed by atoms with E-state index in [4.69, 9.17) is 10.00 Å². The highest BCUT2D eigenvalue weighted by atomic mass is 19.1. The van der Waals surface area contributed by atoms with Crippen molar-refractivity contribution in [3.8, 4) is 11.8 Å². The van der Waals surface area contributed by atoms with Crippen LogP contribution in [0.25, 0.3) is 0 Å². The van der Waals surface area contributed by atoms with Gasteiger partial charge in [0, 0.05) is 0 Å². The molecule has 1 saturated heterocycles. The summed E-state index contributed by atoms with van der Waals surface area (Å²) in [5.74, 6) is -0.721. The minimum absolute atomic E-state index is 0.0519. The van der Waals surface area contributed by atoms with Crippen molar-refractivity contribution in [3.63, 3.8) is 0 Å². The number of aliphatic hydroxyl groups is 1. The number of hydrogen-bond donors (Lipinski definition) is 4. The van der Waals surface area contributed by atoms with Gasteiger partial charge < -0.3 is 15.2 Å². The first-order chi connectivity index (χ1) is 13.8. The molecule has 9 nitrogen and oxygen atoms in total. The summed E-state index contributed by atoms with van der Waals surface area (Å²) >= 11 is 0. The lowest BCUT2D eigenvalue weighted by Gasteiger charge is -2.23. The summed E-state index contributed by atoms with van der Waals surface area (Å²) in [6.45, 7) is 1.56. The molecule has 2 aromatic rings. The molecule has 0 radical (unpaired) electrons. The van der Waals surface area contributed by atoms with E-state index in [1.54, 1.807) is 37.3 Å². The van der Waals surface area contributed by atoms with Gasteiger partial charge in [0.25, 0.3) is 5.91 Å². The number of rotatable bonds is 4. The number of carbonyl (C=O) groups is 2. The van der Waals surface area contributed by atoms with E-state index in [0.717, 1.165) is 17.1 Å². The van der Waals surface area contributed by atoms with Gasteiger partial charge in [-0.2, -0.15) is 5.26 Å². The third kappa shape index (κ3) is 3.82. The maximum Gasteiger partial charge on any atom is 0.338 e. The third-order valence-corrected chi connectivity index (χ3v) is 4.53. The van der Waals surface area contributed by atoms with E-state index in [1.165, 1.54) is 13.2 Å². The molecule has 2 atom stereocenters. The Balaban J connectivity index is 1.77. The third-order valence-electron chi connectivity index (χ3n) is 4.53. The number of anilines is 1. The van der Waals surface area contributed by atoms with E-state index in [-0.39, 0.29) is 11.3 Å². The number of halogens is 1. The number of nitriles is 1. The Morgan fingerprint density at radius 1 is 1.38 bits per heavy atom. The minimum Gasteiger partial charge on any atom is -0.497 e. The molecule has 1 unspecified atom stereocenters. The average Bonchev–Trinajstić information content (AvgIpc) is 2.93. The van der Waals surface area contributed by atoms with Crippen LogP contribution in [-0.2, 0) is 10.3 Å². The molecule has 0 aliphatic carbocycles. The van der Waals surface area contributed by atoms with Crippen LogP contribution in [-0.4, -0.2) is 35.5 Å². The summed E-state index contributed by atoms with van der Waals surface area (Å²) in [6.07, 6.45) is -1.51. The standard InChI is InChI=1S/C19H18FN5O4/c1-19(12-4-3-5-14(9-12)29-2)16(26)25(18(28)23-19)24-17(27)22-15-7-6-13(20)8-11(15)10-21/h3-9,18,23,28H,1-2H3,(H2,22,24,27)/t18?,19-/m1/s1. The van der Waals surface area contributed by atoms with Gasteiger partial charge in [-0.1, -0.05) is 12.1 Å². The van der Waals surface area contributed by atoms with Crippen molar-refractivity contribution in [3.05, 3.63) is 59.4 Å². The molecule has 3 rings (SSSR count). The number of nitrogens with one attached hydrogen (secondary N) is 3. The lowest BCUT2D eigenvalue weighted by Crippen LogP contribution is -2.51. The van der Waals surface area contributed by atoms with Crippen molar-refractivity contribution in [1.82, 2.24) is 15.8 Å². The number of ether oxygens (including phenoxy) is 1. The summed E-state index contributed by atoms with van der Waals surface area (Å²) in [6, 6.07) is 10.9. The largest absolute Gasteiger partial charge is 0.497 e. The Morgan fingerprint density at radius 3 is 2.83 bits per heavy atom. The highest BCUT2D eigenvalue weighted by Gasteiger charge is 2.49. The summed E-state index contributed by atoms with van der Waals surface area (Å²) in [5.41, 5.74) is 1.39. The number of carbonyl (C=O) groups excluding carboxylic acids is 2. The highest BCUT2D eigenvalue weighted by molar-refractivity contribution is 5.95. The van der Waals surface area contributed by atoms with Gasteiger partial charge >= 0.3 is 6.03 Å². The Labute approximate surface area is 165 Å². The number of nitrogens with zero attached hydrogens (tertiary/aromatic N) is 2. The molecular weight excluding hydrogens is 381 g/mol. The fraction of sp³-hybridized carbons (Fsp3) is 0.211. The fourth-order valence-corrected chi connectivity index (χ4v) is 2.97. The van der Waals surface area contributed by atoms with E-state index < -0.39 is 29.6 Å². The Hall–Kier alpha value is -3.68. The van der Waals surface area contributed by atoms with Crippen LogP contribution in [0.1, 0.15) is 18.1 Å². The lowest BCUT2D eigenvalue weighted by atomic mass is 9.92. The zero-order valence-electron chi connectivity index (χ0n) is 15.6. The van der Waals surface area contributed by atoms with Crippen LogP contribution < -0.4 is 20.8 Å². The molecule has 1 aliphatic heterocycles. The van der Waals surface area contributed by atoms with E-state index in [0.29, 0.717) is 11.3 Å². The van der Waals surface area contributed by atoms with Gasteiger partial charge in [-0.15, -0.1) is 0 Å². The zero-order valence-corrected chi connectivity index (χ0v) is 15.6. The number of benzene rings is 2. The van der Waals surface area contributed by atoms with Gasteiger partial charge in [0.2, 0.25) is 6.35 Å². The topological polar surface area (TPSA) is 127 Å². The molecule has 3 amide bonds. The van der Waals surface area contributed by atoms with E-state index in [9.17, 15) is 19.1 Å². The Kier molecular flexibility index (Phi) is 5.36. The number of aliphatic hydroxyl groups excluding tert-OH is 1. The van der Waals surface area contributed by atoms with Gasteiger partial charge in [-0.3, -0.25) is 10.1 Å². The maximum atomic E-state index is 13.2. The molecule has 4 N–H and O–H groups in total. The molecule has 10 heteroatoms. The van der Waals surface area contributed by atoms with Crippen molar-refractivity contribution < 1.29 is 23.8 Å². The fourth-order valence-electron chi connectivity index (χ4n) is 2.97. The van der Waals surface area contributed by atoms with Crippen LogP contribution in [0.2, 0.25) is 0 Å². The quantitative estimate of drug-likeness (QED) is 0.615. The molecule has 0 bridgehead atoms. The van der Waals surface area contributed by atoms with Crippen molar-refractivity contribution in [2.45, 2.75) is 18.8 Å². The summed E-state index contributed by atoms with van der Waals surface area (Å²) in [4.78, 5) is 25.2. The number of hydrazine groups is 1. The van der Waals surface area contributed by atoms with Crippen LogP contribution in [0.3, 0.4) is 0 Å². The van der Waals surface area contributed by atoms with Crippen LogP contribution in [0, 0.1) is 17.1 Å². The molecule has 1 aliphatic rings. The molecule has 29 heavy (non-hydrogen) atoms. The predicted molar refractivity (Wildman–Crippen MR) is 99.6 cm³/mol. The van der Waals surface area contributed by atoms with E-state index >= 15 is 0 Å². The molecule has 0 saturated carbocycles. The summed E-state index contributed by atoms with van der Waals surface area (Å²) in [7, 11) is 1.49. The number of hydrogen-bond acceptors (Lipinski definition) is 6. The van der Waals surface area contributed by atoms with Crippen LogP contribution in [0.15, 0.2) is 42.5 Å². The average molecular weight is 399 g/mol. The Bertz CT molecular complexity index is 1010. The van der Waals surface area contributed by atoms with E-state index in [1.807, 2.05) is 0 Å². The second-order valence-corrected chi connectivity index (χ2v) is 6.42. The highest BCUT2D eigenvalue weighted by Crippen LogP contribution is 2.31. The number of urea groups is 1. The number of amides is 3. The smallest absolute Gasteiger partial charge is 0.338 e. The van der Waals surface area contributed by atoms with Crippen LogP contribution >= 0.6 is 0 Å². The molecule has 0 spiro atoms. The van der Waals surface area contributed by atoms with Gasteiger partial charge in [0.1, 0.15) is 23.2 Å². The number of methoxy groups -OCH3 is 1. The van der Waals surface area contributed by atoms with Crippen molar-refractivity contribution in [1.29, 1.82) is 5.26 Å². The minimum atomic E-state index is -1.51. The summed E-state index contributed by atoms with van der Waals surface area (Å²) < 4.78 is 18.4. The van der Waals surface area contributed by atoms with Crippen molar-refractivity contribution in [2.24, 2.45) is 0 Å². The first-order valence-electron chi connectivity index (χ1n) is 8.49. The first kappa shape index (κ1) is 20.1. The monoisotopic (exact) mass is 399 g/mol. The van der Waals surface area contributed by atoms with Crippen LogP contribution in [0.5, 0.6) is 5.75 Å². The molecule has 1 fully saturated rings. The predicted octanol–water partition coefficient (Wildman–Crippen LogP) is 1.37. The summed E-state index contributed by atoms with van der Waals surface area (Å²) in [5, 5.41) is 25.1. The molecule has 150 valence electrons. The zero-order chi connectivity index (χ0) is 21.2. The van der Waals surface area contributed by atoms with Gasteiger partial charge in [-0.25, -0.2) is 19.6 Å². The van der Waals surface area contributed by atoms with Gasteiger partial charge in [0.15, 0.2) is 0 Å².